The maximum atomic E-state index is 12.3. The van der Waals surface area contributed by atoms with E-state index in [4.69, 9.17) is 22.1 Å². The zero-order valence-corrected chi connectivity index (χ0v) is 13.6. The van der Waals surface area contributed by atoms with E-state index in [9.17, 15) is 4.79 Å². The van der Waals surface area contributed by atoms with Crippen LogP contribution in [0.15, 0.2) is 16.6 Å². The van der Waals surface area contributed by atoms with Gasteiger partial charge in [0.05, 0.1) is 22.7 Å². The van der Waals surface area contributed by atoms with Crippen LogP contribution in [0.3, 0.4) is 0 Å². The lowest BCUT2D eigenvalue weighted by Crippen LogP contribution is -2.34. The third-order valence-electron chi connectivity index (χ3n) is 3.46. The van der Waals surface area contributed by atoms with Gasteiger partial charge in [0.15, 0.2) is 5.75 Å². The van der Waals surface area contributed by atoms with E-state index < -0.39 is 0 Å². The van der Waals surface area contributed by atoms with Gasteiger partial charge < -0.3 is 15.8 Å². The molecule has 1 aliphatic rings. The van der Waals surface area contributed by atoms with Gasteiger partial charge in [0.1, 0.15) is 0 Å². The number of hydrogen-bond acceptors (Lipinski definition) is 3. The largest absolute Gasteiger partial charge is 0.491 e. The van der Waals surface area contributed by atoms with Crippen molar-refractivity contribution in [2.45, 2.75) is 32.2 Å². The van der Waals surface area contributed by atoms with Crippen LogP contribution in [0.5, 0.6) is 5.75 Å². The Morgan fingerprint density at radius 3 is 2.90 bits per heavy atom. The molecule has 1 aromatic rings. The molecule has 110 valence electrons. The molecule has 3 N–H and O–H groups in total. The fourth-order valence-electron chi connectivity index (χ4n) is 2.48. The first-order valence-corrected chi connectivity index (χ1v) is 7.88. The first kappa shape index (κ1) is 15.6. The van der Waals surface area contributed by atoms with Crippen LogP contribution in [-0.4, -0.2) is 18.6 Å². The lowest BCUT2D eigenvalue weighted by atomic mass is 10.0. The molecule has 0 heterocycles. The summed E-state index contributed by atoms with van der Waals surface area (Å²) >= 11 is 9.43. The second-order valence-electron chi connectivity index (χ2n) is 4.89. The highest BCUT2D eigenvalue weighted by Crippen LogP contribution is 2.37. The van der Waals surface area contributed by atoms with Crippen molar-refractivity contribution in [3.63, 3.8) is 0 Å². The molecule has 0 aliphatic heterocycles. The second-order valence-corrected chi connectivity index (χ2v) is 6.18. The van der Waals surface area contributed by atoms with E-state index in [1.165, 1.54) is 0 Å². The maximum Gasteiger partial charge on any atom is 0.229 e. The number of halogens is 2. The van der Waals surface area contributed by atoms with Gasteiger partial charge in [-0.15, -0.1) is 0 Å². The van der Waals surface area contributed by atoms with Crippen LogP contribution in [0.4, 0.5) is 5.69 Å². The average molecular weight is 362 g/mol. The van der Waals surface area contributed by atoms with Crippen LogP contribution < -0.4 is 15.8 Å². The van der Waals surface area contributed by atoms with E-state index in [2.05, 4.69) is 21.2 Å². The molecule has 1 fully saturated rings. The Kier molecular flexibility index (Phi) is 5.29. The molecule has 0 aromatic heterocycles. The van der Waals surface area contributed by atoms with Gasteiger partial charge in [-0.05, 0) is 47.8 Å². The Morgan fingerprint density at radius 2 is 2.30 bits per heavy atom. The molecule has 0 radical (unpaired) electrons. The molecule has 1 aromatic carbocycles. The summed E-state index contributed by atoms with van der Waals surface area (Å²) in [5.41, 5.74) is 6.54. The Labute approximate surface area is 132 Å². The third-order valence-corrected chi connectivity index (χ3v) is 4.27. The van der Waals surface area contributed by atoms with Gasteiger partial charge in [-0.2, -0.15) is 0 Å². The third kappa shape index (κ3) is 3.45. The predicted molar refractivity (Wildman–Crippen MR) is 84.3 cm³/mol. The molecular formula is C14H18BrClN2O2. The van der Waals surface area contributed by atoms with Crippen LogP contribution in [0.2, 0.25) is 5.02 Å². The van der Waals surface area contributed by atoms with Gasteiger partial charge in [0.2, 0.25) is 5.91 Å². The molecule has 0 bridgehead atoms. The van der Waals surface area contributed by atoms with Crippen molar-refractivity contribution in [2.75, 3.05) is 11.9 Å². The molecule has 0 saturated heterocycles. The zero-order chi connectivity index (χ0) is 14.7. The van der Waals surface area contributed by atoms with Crippen LogP contribution >= 0.6 is 27.5 Å². The topological polar surface area (TPSA) is 64.3 Å². The van der Waals surface area contributed by atoms with Crippen molar-refractivity contribution >= 4 is 39.1 Å². The zero-order valence-electron chi connectivity index (χ0n) is 11.3. The van der Waals surface area contributed by atoms with Gasteiger partial charge in [-0.3, -0.25) is 4.79 Å². The minimum absolute atomic E-state index is 0.0619. The molecule has 6 heteroatoms. The number of rotatable bonds is 4. The van der Waals surface area contributed by atoms with Gasteiger partial charge in [-0.1, -0.05) is 18.0 Å². The molecule has 2 rings (SSSR count). The van der Waals surface area contributed by atoms with E-state index in [1.807, 2.05) is 6.92 Å². The van der Waals surface area contributed by atoms with Crippen molar-refractivity contribution in [3.8, 4) is 5.75 Å². The monoisotopic (exact) mass is 360 g/mol. The number of carbonyl (C=O) groups is 1. The van der Waals surface area contributed by atoms with Gasteiger partial charge in [0.25, 0.3) is 0 Å². The summed E-state index contributed by atoms with van der Waals surface area (Å²) in [6, 6.07) is 3.37. The minimum Gasteiger partial charge on any atom is -0.491 e. The smallest absolute Gasteiger partial charge is 0.229 e. The number of carbonyl (C=O) groups excluding carboxylic acids is 1. The van der Waals surface area contributed by atoms with Crippen LogP contribution in [0, 0.1) is 5.92 Å². The SMILES string of the molecule is CCOc1c(Br)cc(Cl)cc1NC(=O)C1CCCC1N. The number of hydrogen-bond donors (Lipinski definition) is 2. The number of ether oxygens (including phenoxy) is 1. The summed E-state index contributed by atoms with van der Waals surface area (Å²) < 4.78 is 6.28. The molecule has 20 heavy (non-hydrogen) atoms. The number of amides is 1. The lowest BCUT2D eigenvalue weighted by molar-refractivity contribution is -0.120. The highest BCUT2D eigenvalue weighted by molar-refractivity contribution is 9.10. The number of nitrogens with two attached hydrogens (primary N) is 1. The molecule has 1 amide bonds. The van der Waals surface area contributed by atoms with Crippen molar-refractivity contribution < 1.29 is 9.53 Å². The first-order chi connectivity index (χ1) is 9.52. The van der Waals surface area contributed by atoms with Crippen molar-refractivity contribution in [2.24, 2.45) is 11.7 Å². The number of anilines is 1. The van der Waals surface area contributed by atoms with E-state index in [-0.39, 0.29) is 17.9 Å². The molecule has 0 spiro atoms. The quantitative estimate of drug-likeness (QED) is 0.861. The molecular weight excluding hydrogens is 344 g/mol. The van der Waals surface area contributed by atoms with E-state index in [1.54, 1.807) is 12.1 Å². The van der Waals surface area contributed by atoms with Crippen LogP contribution in [0.25, 0.3) is 0 Å². The van der Waals surface area contributed by atoms with Crippen molar-refractivity contribution in [1.82, 2.24) is 0 Å². The molecule has 2 atom stereocenters. The Bertz CT molecular complexity index is 510. The van der Waals surface area contributed by atoms with E-state index in [0.717, 1.165) is 23.7 Å². The fourth-order valence-corrected chi connectivity index (χ4v) is 3.41. The van der Waals surface area contributed by atoms with Crippen molar-refractivity contribution in [1.29, 1.82) is 0 Å². The highest BCUT2D eigenvalue weighted by Gasteiger charge is 2.30. The number of benzene rings is 1. The predicted octanol–water partition coefficient (Wildman–Crippen LogP) is 3.57. The minimum atomic E-state index is -0.137. The van der Waals surface area contributed by atoms with Gasteiger partial charge >= 0.3 is 0 Å². The van der Waals surface area contributed by atoms with E-state index >= 15 is 0 Å². The van der Waals surface area contributed by atoms with Gasteiger partial charge in [0, 0.05) is 11.1 Å². The second kappa shape index (κ2) is 6.78. The standard InChI is InChI=1S/C14H18BrClN2O2/c1-2-20-13-10(15)6-8(16)7-12(13)18-14(19)9-4-3-5-11(9)17/h6-7,9,11H,2-5,17H2,1H3,(H,18,19). The summed E-state index contributed by atoms with van der Waals surface area (Å²) in [5.74, 6) is 0.393. The van der Waals surface area contributed by atoms with E-state index in [0.29, 0.717) is 23.1 Å². The summed E-state index contributed by atoms with van der Waals surface area (Å²) in [5, 5.41) is 3.42. The number of nitrogens with one attached hydrogen (secondary N) is 1. The highest BCUT2D eigenvalue weighted by atomic mass is 79.9. The molecule has 1 aliphatic carbocycles. The Hall–Kier alpha value is -0.780. The molecule has 1 saturated carbocycles. The summed E-state index contributed by atoms with van der Waals surface area (Å²) in [6.45, 7) is 2.39. The molecule has 2 unspecified atom stereocenters. The summed E-state index contributed by atoms with van der Waals surface area (Å²) in [6.07, 6.45) is 2.73. The fraction of sp³-hybridized carbons (Fsp3) is 0.500. The Morgan fingerprint density at radius 1 is 1.55 bits per heavy atom. The lowest BCUT2D eigenvalue weighted by Gasteiger charge is -2.18. The average Bonchev–Trinajstić information content (AvgIpc) is 2.80. The van der Waals surface area contributed by atoms with Crippen LogP contribution in [-0.2, 0) is 4.79 Å². The normalized spacial score (nSPS) is 21.8. The molecule has 4 nitrogen and oxygen atoms in total. The van der Waals surface area contributed by atoms with Gasteiger partial charge in [-0.25, -0.2) is 0 Å². The Balaban J connectivity index is 2.21. The summed E-state index contributed by atoms with van der Waals surface area (Å²) in [4.78, 5) is 12.3. The van der Waals surface area contributed by atoms with Crippen molar-refractivity contribution in [3.05, 3.63) is 21.6 Å². The first-order valence-electron chi connectivity index (χ1n) is 6.71. The maximum absolute atomic E-state index is 12.3. The van der Waals surface area contributed by atoms with Crippen LogP contribution in [0.1, 0.15) is 26.2 Å². The summed E-state index contributed by atoms with van der Waals surface area (Å²) in [7, 11) is 0.